The largest absolute Gasteiger partial charge is 0.354 e. The maximum atomic E-state index is 12.8. The maximum absolute atomic E-state index is 12.8. The maximum Gasteiger partial charge on any atom is 0.255 e. The van der Waals surface area contributed by atoms with E-state index < -0.39 is 0 Å². The number of amides is 1. The van der Waals surface area contributed by atoms with Gasteiger partial charge in [0.15, 0.2) is 11.4 Å². The van der Waals surface area contributed by atoms with Gasteiger partial charge in [-0.25, -0.2) is 0 Å². The van der Waals surface area contributed by atoms with Gasteiger partial charge in [-0.15, -0.1) is 0 Å². The van der Waals surface area contributed by atoms with Crippen LogP contribution in [0.25, 0.3) is 11.0 Å². The summed E-state index contributed by atoms with van der Waals surface area (Å²) >= 11 is 0. The van der Waals surface area contributed by atoms with Crippen molar-refractivity contribution in [3.8, 4) is 0 Å². The molecular weight excluding hydrogens is 366 g/mol. The molecule has 7 nitrogen and oxygen atoms in total. The highest BCUT2D eigenvalue weighted by Crippen LogP contribution is 2.26. The molecule has 2 aliphatic heterocycles. The van der Waals surface area contributed by atoms with E-state index in [0.717, 1.165) is 85.7 Å². The number of carbonyl (C=O) groups excluding carboxylic acids is 1. The zero-order valence-electron chi connectivity index (χ0n) is 16.7. The molecule has 1 aromatic carbocycles. The number of fused-ring (bicyclic) bond motifs is 2. The van der Waals surface area contributed by atoms with Crippen molar-refractivity contribution in [2.45, 2.75) is 13.3 Å². The predicted molar refractivity (Wildman–Crippen MR) is 111 cm³/mol. The molecule has 1 amide bonds. The Balaban J connectivity index is 1.17. The van der Waals surface area contributed by atoms with Gasteiger partial charge in [0.2, 0.25) is 0 Å². The molecule has 0 saturated carbocycles. The van der Waals surface area contributed by atoms with Crippen molar-refractivity contribution in [2.24, 2.45) is 0 Å². The second-order valence-corrected chi connectivity index (χ2v) is 7.86. The normalized spacial score (nSPS) is 17.8. The first-order valence-corrected chi connectivity index (χ1v) is 10.2. The van der Waals surface area contributed by atoms with Crippen LogP contribution in [0.4, 0.5) is 5.82 Å². The molecule has 1 fully saturated rings. The molecule has 0 radical (unpaired) electrons. The number of nitrogens with zero attached hydrogens (tertiary/aromatic N) is 5. The molecule has 0 aliphatic carbocycles. The van der Waals surface area contributed by atoms with Crippen molar-refractivity contribution in [3.05, 3.63) is 53.3 Å². The summed E-state index contributed by atoms with van der Waals surface area (Å²) in [7, 11) is 0. The summed E-state index contributed by atoms with van der Waals surface area (Å²) in [6.45, 7) is 8.23. The van der Waals surface area contributed by atoms with E-state index in [1.165, 1.54) is 0 Å². The molecule has 29 heavy (non-hydrogen) atoms. The minimum absolute atomic E-state index is 0.121. The lowest BCUT2D eigenvalue weighted by Crippen LogP contribution is -2.50. The van der Waals surface area contributed by atoms with Gasteiger partial charge in [0, 0.05) is 58.2 Å². The van der Waals surface area contributed by atoms with Gasteiger partial charge in [-0.1, -0.05) is 17.3 Å². The third-order valence-electron chi connectivity index (χ3n) is 6.14. The lowest BCUT2D eigenvalue weighted by atomic mass is 9.97. The molecule has 0 atom stereocenters. The van der Waals surface area contributed by atoms with Crippen LogP contribution in [0.2, 0.25) is 0 Å². The summed E-state index contributed by atoms with van der Waals surface area (Å²) < 4.78 is 5.45. The first kappa shape index (κ1) is 18.1. The fraction of sp³-hybridized carbons (Fsp3) is 0.409. The van der Waals surface area contributed by atoms with Crippen molar-refractivity contribution >= 4 is 22.7 Å². The van der Waals surface area contributed by atoms with Crippen LogP contribution in [0.1, 0.15) is 21.5 Å². The second kappa shape index (κ2) is 7.48. The van der Waals surface area contributed by atoms with E-state index in [4.69, 9.17) is 4.52 Å². The molecule has 3 aromatic rings. The van der Waals surface area contributed by atoms with E-state index in [1.54, 1.807) is 6.20 Å². The van der Waals surface area contributed by atoms with Crippen LogP contribution < -0.4 is 4.90 Å². The highest BCUT2D eigenvalue weighted by atomic mass is 16.5. The highest BCUT2D eigenvalue weighted by molar-refractivity contribution is 5.96. The van der Waals surface area contributed by atoms with Crippen LogP contribution in [-0.2, 0) is 6.42 Å². The van der Waals surface area contributed by atoms with Crippen molar-refractivity contribution in [2.75, 3.05) is 50.7 Å². The van der Waals surface area contributed by atoms with E-state index in [0.29, 0.717) is 0 Å². The minimum atomic E-state index is 0.121. The van der Waals surface area contributed by atoms with Crippen LogP contribution in [0.15, 0.2) is 41.2 Å². The number of hydrogen-bond donors (Lipinski definition) is 0. The first-order valence-electron chi connectivity index (χ1n) is 10.2. The molecule has 0 N–H and O–H groups in total. The average molecular weight is 391 g/mol. The van der Waals surface area contributed by atoms with E-state index in [9.17, 15) is 4.79 Å². The molecule has 0 unspecified atom stereocenters. The number of hydrogen-bond acceptors (Lipinski definition) is 6. The van der Waals surface area contributed by atoms with E-state index in [1.807, 2.05) is 36.2 Å². The van der Waals surface area contributed by atoms with Gasteiger partial charge in [0.25, 0.3) is 5.91 Å². The highest BCUT2D eigenvalue weighted by Gasteiger charge is 2.27. The first-order chi connectivity index (χ1) is 14.2. The Morgan fingerprint density at radius 3 is 2.72 bits per heavy atom. The van der Waals surface area contributed by atoms with Crippen LogP contribution in [0, 0.1) is 6.92 Å². The molecule has 150 valence electrons. The lowest BCUT2D eigenvalue weighted by Gasteiger charge is -2.36. The Labute approximate surface area is 169 Å². The van der Waals surface area contributed by atoms with Crippen molar-refractivity contribution < 1.29 is 9.32 Å². The third kappa shape index (κ3) is 3.35. The average Bonchev–Trinajstić information content (AvgIpc) is 3.18. The molecule has 2 aliphatic rings. The van der Waals surface area contributed by atoms with Crippen molar-refractivity contribution in [3.63, 3.8) is 0 Å². The number of piperazine rings is 1. The SMILES string of the molecule is Cc1cncc2c1CCN(CCN1CCN(c3noc4ccccc34)CC1)C2=O. The van der Waals surface area contributed by atoms with Gasteiger partial charge in [0.1, 0.15) is 0 Å². The standard InChI is InChI=1S/C22H25N5O2/c1-16-14-23-15-19-17(16)6-7-27(22(19)28)13-10-25-8-11-26(12-9-25)21-18-4-2-3-5-20(18)29-24-21/h2-5,14-15H,6-13H2,1H3. The van der Waals surface area contributed by atoms with Crippen molar-refractivity contribution in [1.29, 1.82) is 0 Å². The van der Waals surface area contributed by atoms with Crippen LogP contribution in [-0.4, -0.2) is 71.7 Å². The van der Waals surface area contributed by atoms with Gasteiger partial charge >= 0.3 is 0 Å². The number of aromatic nitrogens is 2. The van der Waals surface area contributed by atoms with Crippen LogP contribution in [0.3, 0.4) is 0 Å². The molecule has 4 heterocycles. The number of benzene rings is 1. The Bertz CT molecular complexity index is 1040. The molecule has 0 spiro atoms. The summed E-state index contributed by atoms with van der Waals surface area (Å²) in [4.78, 5) is 23.7. The summed E-state index contributed by atoms with van der Waals surface area (Å²) in [6.07, 6.45) is 4.49. The fourth-order valence-corrected chi connectivity index (χ4v) is 4.39. The van der Waals surface area contributed by atoms with E-state index in [-0.39, 0.29) is 5.91 Å². The second-order valence-electron chi connectivity index (χ2n) is 7.86. The molecular formula is C22H25N5O2. The number of rotatable bonds is 4. The number of pyridine rings is 1. The summed E-state index contributed by atoms with van der Waals surface area (Å²) in [5.74, 6) is 1.06. The van der Waals surface area contributed by atoms with Gasteiger partial charge in [-0.3, -0.25) is 14.7 Å². The molecule has 7 heteroatoms. The monoisotopic (exact) mass is 391 g/mol. The summed E-state index contributed by atoms with van der Waals surface area (Å²) in [6, 6.07) is 7.99. The lowest BCUT2D eigenvalue weighted by molar-refractivity contribution is 0.0716. The topological polar surface area (TPSA) is 65.7 Å². The molecule has 2 aromatic heterocycles. The van der Waals surface area contributed by atoms with E-state index >= 15 is 0 Å². The fourth-order valence-electron chi connectivity index (χ4n) is 4.39. The number of anilines is 1. The van der Waals surface area contributed by atoms with Crippen molar-refractivity contribution in [1.82, 2.24) is 19.9 Å². The number of aryl methyl sites for hydroxylation is 1. The van der Waals surface area contributed by atoms with Crippen LogP contribution in [0.5, 0.6) is 0 Å². The zero-order valence-corrected chi connectivity index (χ0v) is 16.7. The summed E-state index contributed by atoms with van der Waals surface area (Å²) in [5.41, 5.74) is 3.89. The number of carbonyl (C=O) groups is 1. The Morgan fingerprint density at radius 2 is 1.86 bits per heavy atom. The predicted octanol–water partition coefficient (Wildman–Crippen LogP) is 2.35. The van der Waals surface area contributed by atoms with Gasteiger partial charge < -0.3 is 14.3 Å². The van der Waals surface area contributed by atoms with E-state index in [2.05, 4.69) is 26.0 Å². The Kier molecular flexibility index (Phi) is 4.67. The van der Waals surface area contributed by atoms with Gasteiger partial charge in [-0.2, -0.15) is 0 Å². The number of para-hydroxylation sites is 1. The smallest absolute Gasteiger partial charge is 0.255 e. The Morgan fingerprint density at radius 1 is 1.03 bits per heavy atom. The molecule has 1 saturated heterocycles. The quantitative estimate of drug-likeness (QED) is 0.680. The molecule has 5 rings (SSSR count). The van der Waals surface area contributed by atoms with Gasteiger partial charge in [-0.05, 0) is 36.6 Å². The Hall–Kier alpha value is -2.93. The third-order valence-corrected chi connectivity index (χ3v) is 6.14. The zero-order chi connectivity index (χ0) is 19.8. The van der Waals surface area contributed by atoms with Gasteiger partial charge in [0.05, 0.1) is 10.9 Å². The minimum Gasteiger partial charge on any atom is -0.354 e. The summed E-state index contributed by atoms with van der Waals surface area (Å²) in [5, 5.41) is 5.35. The van der Waals surface area contributed by atoms with Crippen LogP contribution >= 0.6 is 0 Å². The molecule has 0 bridgehead atoms.